The number of halogens is 1. The van der Waals surface area contributed by atoms with Crippen molar-refractivity contribution < 1.29 is 9.53 Å². The number of benzene rings is 1. The second-order valence-corrected chi connectivity index (χ2v) is 8.15. The molecule has 1 amide bonds. The number of nitrogens with zero attached hydrogens (tertiary/aromatic N) is 2. The highest BCUT2D eigenvalue weighted by Crippen LogP contribution is 2.24. The van der Waals surface area contributed by atoms with Crippen LogP contribution in [0.5, 0.6) is 0 Å². The molecule has 0 fully saturated rings. The minimum absolute atomic E-state index is 0. The van der Waals surface area contributed by atoms with E-state index in [1.807, 2.05) is 33.8 Å². The van der Waals surface area contributed by atoms with E-state index in [-0.39, 0.29) is 36.0 Å². The number of hydrogen-bond acceptors (Lipinski definition) is 3. The van der Waals surface area contributed by atoms with Crippen molar-refractivity contribution in [2.45, 2.75) is 52.6 Å². The number of aliphatic imine (C=N–C) groups is 1. The first kappa shape index (κ1) is 23.5. The van der Waals surface area contributed by atoms with Gasteiger partial charge in [0.2, 0.25) is 0 Å². The number of nitrogens with two attached hydrogens (primary N) is 1. The van der Waals surface area contributed by atoms with Gasteiger partial charge in [0.25, 0.3) is 0 Å². The first-order chi connectivity index (χ1) is 12.1. The normalized spacial score (nSPS) is 14.8. The topological polar surface area (TPSA) is 80.0 Å². The number of carbonyl (C=O) groups excluding carboxylic acids is 1. The van der Waals surface area contributed by atoms with Crippen molar-refractivity contribution in [2.24, 2.45) is 16.6 Å². The van der Waals surface area contributed by atoms with Crippen molar-refractivity contribution in [1.82, 2.24) is 4.90 Å². The maximum absolute atomic E-state index is 12.0. The van der Waals surface area contributed by atoms with E-state index in [1.54, 1.807) is 11.9 Å². The van der Waals surface area contributed by atoms with E-state index in [9.17, 15) is 4.79 Å². The molecule has 6 nitrogen and oxygen atoms in total. The van der Waals surface area contributed by atoms with Crippen molar-refractivity contribution >= 4 is 41.7 Å². The molecule has 1 aromatic carbocycles. The Labute approximate surface area is 179 Å². The predicted molar refractivity (Wildman–Crippen MR) is 122 cm³/mol. The molecular weight excluding hydrogens is 455 g/mol. The van der Waals surface area contributed by atoms with Gasteiger partial charge in [0.1, 0.15) is 5.60 Å². The van der Waals surface area contributed by atoms with Gasteiger partial charge < -0.3 is 20.7 Å². The van der Waals surface area contributed by atoms with E-state index < -0.39 is 5.60 Å². The first-order valence-corrected chi connectivity index (χ1v) is 9.27. The lowest BCUT2D eigenvalue weighted by atomic mass is 10.1. The molecular formula is C20H33IN4O2. The van der Waals surface area contributed by atoms with Gasteiger partial charge in [-0.15, -0.1) is 24.0 Å². The van der Waals surface area contributed by atoms with E-state index in [4.69, 9.17) is 10.5 Å². The third kappa shape index (κ3) is 7.94. The summed E-state index contributed by atoms with van der Waals surface area (Å²) in [6.07, 6.45) is 3.21. The van der Waals surface area contributed by atoms with E-state index in [0.29, 0.717) is 19.0 Å². The number of anilines is 1. The number of hydrogen-bond donors (Lipinski definition) is 2. The Balaban J connectivity index is 0.00000364. The third-order valence-corrected chi connectivity index (χ3v) is 4.23. The van der Waals surface area contributed by atoms with Crippen LogP contribution < -0.4 is 11.1 Å². The molecule has 1 atom stereocenters. The van der Waals surface area contributed by atoms with Crippen LogP contribution in [-0.2, 0) is 17.6 Å². The predicted octanol–water partition coefficient (Wildman–Crippen LogP) is 4.02. The van der Waals surface area contributed by atoms with Crippen LogP contribution in [-0.4, -0.2) is 42.7 Å². The molecule has 1 aromatic rings. The van der Waals surface area contributed by atoms with Crippen LogP contribution in [0.15, 0.2) is 23.2 Å². The maximum Gasteiger partial charge on any atom is 0.410 e. The molecule has 7 heteroatoms. The fourth-order valence-corrected chi connectivity index (χ4v) is 3.03. The van der Waals surface area contributed by atoms with Crippen LogP contribution in [0.2, 0.25) is 0 Å². The van der Waals surface area contributed by atoms with E-state index in [0.717, 1.165) is 12.1 Å². The maximum atomic E-state index is 12.0. The molecule has 152 valence electrons. The zero-order chi connectivity index (χ0) is 19.3. The van der Waals surface area contributed by atoms with Gasteiger partial charge in [-0.1, -0.05) is 13.0 Å². The lowest BCUT2D eigenvalue weighted by Crippen LogP contribution is -2.37. The molecule has 3 N–H and O–H groups in total. The summed E-state index contributed by atoms with van der Waals surface area (Å²) in [5.41, 5.74) is 9.33. The van der Waals surface area contributed by atoms with Gasteiger partial charge in [-0.25, -0.2) is 4.79 Å². The number of nitrogens with one attached hydrogen (secondary N) is 1. The van der Waals surface area contributed by atoms with Crippen molar-refractivity contribution in [1.29, 1.82) is 0 Å². The summed E-state index contributed by atoms with van der Waals surface area (Å²) in [6.45, 7) is 8.71. The fraction of sp³-hybridized carbons (Fsp3) is 0.600. The molecule has 1 unspecified atom stereocenters. The van der Waals surface area contributed by atoms with Crippen molar-refractivity contribution in [3.8, 4) is 0 Å². The van der Waals surface area contributed by atoms with Gasteiger partial charge in [-0.3, -0.25) is 4.99 Å². The van der Waals surface area contributed by atoms with Crippen molar-refractivity contribution in [3.63, 3.8) is 0 Å². The van der Waals surface area contributed by atoms with Crippen LogP contribution in [0, 0.1) is 5.92 Å². The van der Waals surface area contributed by atoms with Crippen molar-refractivity contribution in [2.75, 3.05) is 25.5 Å². The molecule has 1 aliphatic rings. The van der Waals surface area contributed by atoms with Crippen LogP contribution in [0.1, 0.15) is 45.2 Å². The number of ether oxygens (including phenoxy) is 1. The van der Waals surface area contributed by atoms with Crippen molar-refractivity contribution in [3.05, 3.63) is 29.3 Å². The lowest BCUT2D eigenvalue weighted by molar-refractivity contribution is 0.0279. The average molecular weight is 488 g/mol. The fourth-order valence-electron chi connectivity index (χ4n) is 3.03. The second kappa shape index (κ2) is 10.1. The van der Waals surface area contributed by atoms with E-state index in [1.165, 1.54) is 24.0 Å². The van der Waals surface area contributed by atoms with Gasteiger partial charge in [0.05, 0.1) is 0 Å². The van der Waals surface area contributed by atoms with Gasteiger partial charge >= 0.3 is 6.09 Å². The summed E-state index contributed by atoms with van der Waals surface area (Å²) in [4.78, 5) is 18.0. The molecule has 0 saturated heterocycles. The Hall–Kier alpha value is -1.51. The molecule has 0 aliphatic heterocycles. The summed E-state index contributed by atoms with van der Waals surface area (Å²) in [5.74, 6) is 0.572. The minimum atomic E-state index is -0.489. The van der Waals surface area contributed by atoms with Gasteiger partial charge in [0, 0.05) is 25.8 Å². The quantitative estimate of drug-likeness (QED) is 0.373. The molecule has 0 saturated carbocycles. The summed E-state index contributed by atoms with van der Waals surface area (Å²) in [7, 11) is 1.74. The highest BCUT2D eigenvalue weighted by Gasteiger charge is 2.20. The highest BCUT2D eigenvalue weighted by atomic mass is 127. The van der Waals surface area contributed by atoms with Crippen LogP contribution in [0.25, 0.3) is 0 Å². The van der Waals surface area contributed by atoms with Crippen LogP contribution >= 0.6 is 24.0 Å². The third-order valence-electron chi connectivity index (χ3n) is 4.23. The Bertz CT molecular complexity index is 670. The number of guanidine groups is 1. The second-order valence-electron chi connectivity index (χ2n) is 8.15. The minimum Gasteiger partial charge on any atom is -0.444 e. The molecule has 0 spiro atoms. The standard InChI is InChI=1S/C20H32N4O2.HI/c1-14(13-24(5)19(25)26-20(2,3)4)12-22-18(21)23-17-10-9-15-7-6-8-16(15)11-17;/h9-11,14H,6-8,12-13H2,1-5H3,(H3,21,22,23);1H. The van der Waals surface area contributed by atoms with E-state index in [2.05, 4.69) is 22.4 Å². The van der Waals surface area contributed by atoms with Crippen LogP contribution in [0.3, 0.4) is 0 Å². The molecule has 0 heterocycles. The SMILES string of the molecule is CC(CN=C(N)Nc1ccc2c(c1)CCC2)CN(C)C(=O)OC(C)(C)C.I. The Morgan fingerprint density at radius 3 is 2.67 bits per heavy atom. The summed E-state index contributed by atoms with van der Waals surface area (Å²) in [6, 6.07) is 6.37. The van der Waals surface area contributed by atoms with Crippen LogP contribution in [0.4, 0.5) is 10.5 Å². The Kier molecular flexibility index (Phi) is 8.84. The monoisotopic (exact) mass is 488 g/mol. The Morgan fingerprint density at radius 2 is 2.00 bits per heavy atom. The number of carbonyl (C=O) groups is 1. The van der Waals surface area contributed by atoms with E-state index >= 15 is 0 Å². The number of rotatable bonds is 5. The molecule has 0 aromatic heterocycles. The molecule has 0 radical (unpaired) electrons. The number of amides is 1. The lowest BCUT2D eigenvalue weighted by Gasteiger charge is -2.26. The molecule has 0 bridgehead atoms. The first-order valence-electron chi connectivity index (χ1n) is 9.27. The molecule has 2 rings (SSSR count). The highest BCUT2D eigenvalue weighted by molar-refractivity contribution is 14.0. The zero-order valence-electron chi connectivity index (χ0n) is 17.0. The van der Waals surface area contributed by atoms with Gasteiger partial charge in [-0.05, 0) is 69.2 Å². The summed E-state index contributed by atoms with van der Waals surface area (Å²) in [5, 5.41) is 3.16. The van der Waals surface area contributed by atoms with Gasteiger partial charge in [-0.2, -0.15) is 0 Å². The average Bonchev–Trinajstić information content (AvgIpc) is 2.99. The largest absolute Gasteiger partial charge is 0.444 e. The number of fused-ring (bicyclic) bond motifs is 1. The Morgan fingerprint density at radius 1 is 1.33 bits per heavy atom. The smallest absolute Gasteiger partial charge is 0.410 e. The molecule has 27 heavy (non-hydrogen) atoms. The van der Waals surface area contributed by atoms with Gasteiger partial charge in [0.15, 0.2) is 5.96 Å². The summed E-state index contributed by atoms with van der Waals surface area (Å²) >= 11 is 0. The molecule has 1 aliphatic carbocycles. The summed E-state index contributed by atoms with van der Waals surface area (Å²) < 4.78 is 5.36. The zero-order valence-corrected chi connectivity index (χ0v) is 19.4. The number of aryl methyl sites for hydroxylation is 2.